The summed E-state index contributed by atoms with van der Waals surface area (Å²) in [6.07, 6.45) is 2.54. The highest BCUT2D eigenvalue weighted by molar-refractivity contribution is 5.76. The molecule has 98 valence electrons. The summed E-state index contributed by atoms with van der Waals surface area (Å²) in [6.45, 7) is 2.04. The van der Waals surface area contributed by atoms with Gasteiger partial charge in [0.05, 0.1) is 0 Å². The number of nitrogens with zero attached hydrogens (tertiary/aromatic N) is 1. The molecule has 0 saturated carbocycles. The van der Waals surface area contributed by atoms with E-state index in [1.165, 1.54) is 4.90 Å². The monoisotopic (exact) mass is 242 g/mol. The van der Waals surface area contributed by atoms with Gasteiger partial charge in [-0.3, -0.25) is 4.79 Å². The average molecular weight is 242 g/mol. The van der Waals surface area contributed by atoms with E-state index < -0.39 is 0 Å². The zero-order valence-electron chi connectivity index (χ0n) is 10.6. The molecule has 1 aliphatic heterocycles. The first kappa shape index (κ1) is 13.8. The van der Waals surface area contributed by atoms with E-state index in [4.69, 9.17) is 0 Å². The molecule has 3 N–H and O–H groups in total. The summed E-state index contributed by atoms with van der Waals surface area (Å²) in [6, 6.07) is 0.138. The highest BCUT2D eigenvalue weighted by Crippen LogP contribution is 2.05. The van der Waals surface area contributed by atoms with Crippen molar-refractivity contribution in [2.24, 2.45) is 0 Å². The van der Waals surface area contributed by atoms with Crippen molar-refractivity contribution in [1.29, 1.82) is 0 Å². The maximum Gasteiger partial charge on any atom is 0.316 e. The Bertz CT molecular complexity index is 268. The van der Waals surface area contributed by atoms with E-state index in [9.17, 15) is 9.59 Å². The van der Waals surface area contributed by atoms with E-state index >= 15 is 0 Å². The summed E-state index contributed by atoms with van der Waals surface area (Å²) in [4.78, 5) is 24.0. The molecule has 1 aliphatic rings. The Balaban J connectivity index is 2.13. The maximum absolute atomic E-state index is 11.3. The van der Waals surface area contributed by atoms with E-state index in [0.717, 1.165) is 19.4 Å². The largest absolute Gasteiger partial charge is 0.356 e. The van der Waals surface area contributed by atoms with Crippen molar-refractivity contribution in [3.8, 4) is 0 Å². The van der Waals surface area contributed by atoms with Crippen molar-refractivity contribution in [1.82, 2.24) is 20.9 Å². The van der Waals surface area contributed by atoms with E-state index in [2.05, 4.69) is 16.0 Å². The van der Waals surface area contributed by atoms with Crippen molar-refractivity contribution in [2.45, 2.75) is 25.3 Å². The van der Waals surface area contributed by atoms with Crippen LogP contribution in [0.1, 0.15) is 19.3 Å². The molecule has 0 aromatic rings. The molecule has 0 aromatic carbocycles. The van der Waals surface area contributed by atoms with Gasteiger partial charge < -0.3 is 20.9 Å². The lowest BCUT2D eigenvalue weighted by Gasteiger charge is -2.16. The Kier molecular flexibility index (Phi) is 5.76. The molecular weight excluding hydrogens is 220 g/mol. The lowest BCUT2D eigenvalue weighted by Crippen LogP contribution is -2.41. The summed E-state index contributed by atoms with van der Waals surface area (Å²) >= 11 is 0. The molecular formula is C11H22N4O2. The normalized spacial score (nSPS) is 20.4. The van der Waals surface area contributed by atoms with Crippen LogP contribution in [0.15, 0.2) is 0 Å². The van der Waals surface area contributed by atoms with Crippen molar-refractivity contribution in [2.75, 3.05) is 33.7 Å². The fourth-order valence-electron chi connectivity index (χ4n) is 1.75. The highest BCUT2D eigenvalue weighted by atomic mass is 16.2. The van der Waals surface area contributed by atoms with Crippen LogP contribution < -0.4 is 16.0 Å². The van der Waals surface area contributed by atoms with Crippen LogP contribution in [0, 0.1) is 0 Å². The number of rotatable bonds is 4. The molecule has 0 aliphatic carbocycles. The smallest absolute Gasteiger partial charge is 0.316 e. The minimum Gasteiger partial charge on any atom is -0.356 e. The fourth-order valence-corrected chi connectivity index (χ4v) is 1.75. The van der Waals surface area contributed by atoms with Gasteiger partial charge in [0.1, 0.15) is 0 Å². The number of urea groups is 1. The van der Waals surface area contributed by atoms with Crippen molar-refractivity contribution in [3.63, 3.8) is 0 Å². The first-order valence-corrected chi connectivity index (χ1v) is 6.05. The van der Waals surface area contributed by atoms with Crippen LogP contribution in [0.2, 0.25) is 0 Å². The second kappa shape index (κ2) is 7.11. The van der Waals surface area contributed by atoms with Crippen molar-refractivity contribution < 1.29 is 9.59 Å². The molecule has 0 bridgehead atoms. The predicted octanol–water partition coefficient (Wildman–Crippen LogP) is -0.484. The van der Waals surface area contributed by atoms with Gasteiger partial charge in [0, 0.05) is 46.2 Å². The highest BCUT2D eigenvalue weighted by Gasteiger charge is 2.16. The summed E-state index contributed by atoms with van der Waals surface area (Å²) < 4.78 is 0. The van der Waals surface area contributed by atoms with Crippen LogP contribution in [0.25, 0.3) is 0 Å². The van der Waals surface area contributed by atoms with Gasteiger partial charge in [-0.25, -0.2) is 4.79 Å². The van der Waals surface area contributed by atoms with Crippen molar-refractivity contribution >= 4 is 11.9 Å². The molecule has 1 unspecified atom stereocenters. The Hall–Kier alpha value is -1.30. The third kappa shape index (κ3) is 5.53. The molecule has 0 radical (unpaired) electrons. The Labute approximate surface area is 102 Å². The topological polar surface area (TPSA) is 73.5 Å². The summed E-state index contributed by atoms with van der Waals surface area (Å²) in [7, 11) is 3.41. The third-order valence-corrected chi connectivity index (χ3v) is 2.72. The van der Waals surface area contributed by atoms with E-state index in [1.54, 1.807) is 14.1 Å². The van der Waals surface area contributed by atoms with Gasteiger partial charge in [0.25, 0.3) is 0 Å². The van der Waals surface area contributed by atoms with Gasteiger partial charge in [-0.15, -0.1) is 0 Å². The SMILES string of the molecule is CN(C)C(=O)NCCNC1CCCNC(=O)C1. The van der Waals surface area contributed by atoms with Crippen LogP contribution in [-0.4, -0.2) is 56.6 Å². The van der Waals surface area contributed by atoms with E-state index in [1.807, 2.05) is 0 Å². The third-order valence-electron chi connectivity index (χ3n) is 2.72. The van der Waals surface area contributed by atoms with Crippen LogP contribution in [-0.2, 0) is 4.79 Å². The Morgan fingerprint density at radius 2 is 2.24 bits per heavy atom. The molecule has 1 rings (SSSR count). The zero-order chi connectivity index (χ0) is 12.7. The number of hydrogen-bond acceptors (Lipinski definition) is 3. The Morgan fingerprint density at radius 1 is 1.47 bits per heavy atom. The van der Waals surface area contributed by atoms with Gasteiger partial charge in [0.2, 0.25) is 5.91 Å². The van der Waals surface area contributed by atoms with Crippen LogP contribution in [0.5, 0.6) is 0 Å². The van der Waals surface area contributed by atoms with Crippen LogP contribution in [0.3, 0.4) is 0 Å². The number of carbonyl (C=O) groups is 2. The minimum atomic E-state index is -0.0922. The number of amides is 3. The predicted molar refractivity (Wildman–Crippen MR) is 65.7 cm³/mol. The van der Waals surface area contributed by atoms with Gasteiger partial charge in [-0.2, -0.15) is 0 Å². The van der Waals surface area contributed by atoms with Gasteiger partial charge in [0.15, 0.2) is 0 Å². The number of hydrogen-bond donors (Lipinski definition) is 3. The quantitative estimate of drug-likeness (QED) is 0.583. The van der Waals surface area contributed by atoms with Crippen LogP contribution in [0.4, 0.5) is 4.79 Å². The number of carbonyl (C=O) groups excluding carboxylic acids is 2. The maximum atomic E-state index is 11.3. The summed E-state index contributed by atoms with van der Waals surface area (Å²) in [5.74, 6) is 0.109. The van der Waals surface area contributed by atoms with Gasteiger partial charge in [-0.1, -0.05) is 0 Å². The molecule has 1 heterocycles. The molecule has 0 spiro atoms. The molecule has 3 amide bonds. The van der Waals surface area contributed by atoms with E-state index in [0.29, 0.717) is 19.5 Å². The van der Waals surface area contributed by atoms with E-state index in [-0.39, 0.29) is 18.0 Å². The fraction of sp³-hybridized carbons (Fsp3) is 0.818. The summed E-state index contributed by atoms with van der Waals surface area (Å²) in [5.41, 5.74) is 0. The summed E-state index contributed by atoms with van der Waals surface area (Å²) in [5, 5.41) is 8.91. The molecule has 6 heteroatoms. The van der Waals surface area contributed by atoms with Gasteiger partial charge in [-0.05, 0) is 12.8 Å². The van der Waals surface area contributed by atoms with Crippen molar-refractivity contribution in [3.05, 3.63) is 0 Å². The van der Waals surface area contributed by atoms with Crippen LogP contribution >= 0.6 is 0 Å². The molecule has 1 fully saturated rings. The molecule has 1 saturated heterocycles. The lowest BCUT2D eigenvalue weighted by molar-refractivity contribution is -0.121. The molecule has 6 nitrogen and oxygen atoms in total. The first-order chi connectivity index (χ1) is 8.09. The second-order valence-electron chi connectivity index (χ2n) is 4.47. The first-order valence-electron chi connectivity index (χ1n) is 6.05. The molecule has 17 heavy (non-hydrogen) atoms. The minimum absolute atomic E-state index is 0.0922. The van der Waals surface area contributed by atoms with Gasteiger partial charge >= 0.3 is 6.03 Å². The molecule has 0 aromatic heterocycles. The average Bonchev–Trinajstić information content (AvgIpc) is 2.48. The Morgan fingerprint density at radius 3 is 2.94 bits per heavy atom. The second-order valence-corrected chi connectivity index (χ2v) is 4.47. The standard InChI is InChI=1S/C11H22N4O2/c1-15(2)11(17)14-7-6-12-9-4-3-5-13-10(16)8-9/h9,12H,3-8H2,1-2H3,(H,13,16)(H,14,17). The lowest BCUT2D eigenvalue weighted by atomic mass is 10.1. The molecule has 1 atom stereocenters. The zero-order valence-corrected chi connectivity index (χ0v) is 10.6. The number of nitrogens with one attached hydrogen (secondary N) is 3.